The van der Waals surface area contributed by atoms with Crippen LogP contribution < -0.4 is 9.77 Å². The maximum atomic E-state index is 11.6. The van der Waals surface area contributed by atoms with Crippen molar-refractivity contribution >= 4 is 17.3 Å². The number of aromatic nitrogens is 3. The van der Waals surface area contributed by atoms with Gasteiger partial charge in [-0.05, 0) is 12.0 Å². The Morgan fingerprint density at radius 1 is 1.23 bits per heavy atom. The van der Waals surface area contributed by atoms with Gasteiger partial charge >= 0.3 is 4.87 Å². The second-order valence-electron chi connectivity index (χ2n) is 5.82. The van der Waals surface area contributed by atoms with Crippen molar-refractivity contribution in [3.63, 3.8) is 0 Å². The zero-order valence-electron chi connectivity index (χ0n) is 13.0. The predicted octanol–water partition coefficient (Wildman–Crippen LogP) is 1.67. The lowest BCUT2D eigenvalue weighted by Crippen LogP contribution is -2.46. The summed E-state index contributed by atoms with van der Waals surface area (Å²) in [5.74, 6) is 1.16. The van der Waals surface area contributed by atoms with Crippen LogP contribution in [-0.4, -0.2) is 46.0 Å². The molecule has 2 aromatic heterocycles. The fourth-order valence-corrected chi connectivity index (χ4v) is 3.75. The van der Waals surface area contributed by atoms with E-state index in [2.05, 4.69) is 38.6 Å². The molecule has 3 heterocycles. The highest BCUT2D eigenvalue weighted by molar-refractivity contribution is 7.09. The molecular weight excluding hydrogens is 298 g/mol. The standard InChI is InChI=1S/C15H21N5OS/c1-11(2)13-12(22-15(21)18-13)10-19-6-8-20(9-7-19)14-16-4-3-5-17-14/h3-5,11H,6-10H2,1-2H3,(H,18,21). The number of hydrogen-bond donors (Lipinski definition) is 1. The molecule has 0 aromatic carbocycles. The molecule has 0 radical (unpaired) electrons. The van der Waals surface area contributed by atoms with Crippen LogP contribution in [0.3, 0.4) is 0 Å². The summed E-state index contributed by atoms with van der Waals surface area (Å²) in [5.41, 5.74) is 1.09. The zero-order valence-corrected chi connectivity index (χ0v) is 13.8. The molecular formula is C15H21N5OS. The second kappa shape index (κ2) is 6.58. The van der Waals surface area contributed by atoms with Gasteiger partial charge in [-0.2, -0.15) is 0 Å². The minimum absolute atomic E-state index is 0.0509. The first-order valence-electron chi connectivity index (χ1n) is 7.59. The molecule has 7 heteroatoms. The van der Waals surface area contributed by atoms with Crippen molar-refractivity contribution in [1.82, 2.24) is 19.9 Å². The Balaban J connectivity index is 1.62. The van der Waals surface area contributed by atoms with Gasteiger partial charge in [-0.3, -0.25) is 9.69 Å². The maximum Gasteiger partial charge on any atom is 0.304 e. The molecule has 1 aliphatic heterocycles. The molecule has 0 atom stereocenters. The van der Waals surface area contributed by atoms with Gasteiger partial charge in [0.2, 0.25) is 5.95 Å². The summed E-state index contributed by atoms with van der Waals surface area (Å²) >= 11 is 1.34. The molecule has 0 bridgehead atoms. The van der Waals surface area contributed by atoms with E-state index in [9.17, 15) is 4.79 Å². The van der Waals surface area contributed by atoms with E-state index < -0.39 is 0 Å². The van der Waals surface area contributed by atoms with Crippen LogP contribution in [0.25, 0.3) is 0 Å². The van der Waals surface area contributed by atoms with Crippen LogP contribution in [0, 0.1) is 0 Å². The molecule has 3 rings (SSSR count). The molecule has 2 aromatic rings. The van der Waals surface area contributed by atoms with Gasteiger partial charge in [-0.15, -0.1) is 0 Å². The van der Waals surface area contributed by atoms with Crippen LogP contribution in [0.15, 0.2) is 23.3 Å². The number of aromatic amines is 1. The van der Waals surface area contributed by atoms with E-state index in [-0.39, 0.29) is 4.87 Å². The lowest BCUT2D eigenvalue weighted by atomic mass is 10.1. The summed E-state index contributed by atoms with van der Waals surface area (Å²) in [5, 5.41) is 0. The third-order valence-corrected chi connectivity index (χ3v) is 4.79. The normalized spacial score (nSPS) is 16.4. The monoisotopic (exact) mass is 319 g/mol. The molecule has 0 saturated carbocycles. The lowest BCUT2D eigenvalue weighted by molar-refractivity contribution is 0.249. The molecule has 118 valence electrons. The van der Waals surface area contributed by atoms with Crippen LogP contribution in [-0.2, 0) is 6.54 Å². The summed E-state index contributed by atoms with van der Waals surface area (Å²) < 4.78 is 0. The first kappa shape index (κ1) is 15.2. The molecule has 0 unspecified atom stereocenters. The van der Waals surface area contributed by atoms with Gasteiger partial charge in [0.15, 0.2) is 0 Å². The van der Waals surface area contributed by atoms with Crippen molar-refractivity contribution in [2.45, 2.75) is 26.3 Å². The predicted molar refractivity (Wildman–Crippen MR) is 88.6 cm³/mol. The fraction of sp³-hybridized carbons (Fsp3) is 0.533. The Labute approximate surface area is 133 Å². The van der Waals surface area contributed by atoms with Crippen LogP contribution in [0.5, 0.6) is 0 Å². The number of nitrogens with zero attached hydrogens (tertiary/aromatic N) is 4. The van der Waals surface area contributed by atoms with Gasteiger partial charge in [0, 0.05) is 55.7 Å². The summed E-state index contributed by atoms with van der Waals surface area (Å²) in [6, 6.07) is 1.83. The van der Waals surface area contributed by atoms with Crippen LogP contribution >= 0.6 is 11.3 Å². The number of thiazole rings is 1. The van der Waals surface area contributed by atoms with Crippen LogP contribution in [0.2, 0.25) is 0 Å². The van der Waals surface area contributed by atoms with E-state index in [4.69, 9.17) is 0 Å². The summed E-state index contributed by atoms with van der Waals surface area (Å²) in [4.78, 5) is 29.0. The topological polar surface area (TPSA) is 65.1 Å². The highest BCUT2D eigenvalue weighted by Gasteiger charge is 2.21. The minimum atomic E-state index is 0.0509. The van der Waals surface area contributed by atoms with Crippen molar-refractivity contribution in [3.8, 4) is 0 Å². The lowest BCUT2D eigenvalue weighted by Gasteiger charge is -2.34. The SMILES string of the molecule is CC(C)c1[nH]c(=O)sc1CN1CCN(c2ncccn2)CC1. The quantitative estimate of drug-likeness (QED) is 0.929. The van der Waals surface area contributed by atoms with E-state index in [0.29, 0.717) is 5.92 Å². The number of rotatable bonds is 4. The Kier molecular flexibility index (Phi) is 4.54. The Bertz CT molecular complexity index is 658. The van der Waals surface area contributed by atoms with Crippen molar-refractivity contribution < 1.29 is 0 Å². The summed E-state index contributed by atoms with van der Waals surface area (Å²) in [6.07, 6.45) is 3.56. The van der Waals surface area contributed by atoms with Gasteiger partial charge in [0.25, 0.3) is 0 Å². The van der Waals surface area contributed by atoms with E-state index in [1.165, 1.54) is 16.2 Å². The summed E-state index contributed by atoms with van der Waals surface area (Å²) in [6.45, 7) is 8.84. The van der Waals surface area contributed by atoms with E-state index >= 15 is 0 Å². The molecule has 1 N–H and O–H groups in total. The number of anilines is 1. The molecule has 1 saturated heterocycles. The average molecular weight is 319 g/mol. The third kappa shape index (κ3) is 3.36. The van der Waals surface area contributed by atoms with Crippen LogP contribution in [0.4, 0.5) is 5.95 Å². The number of hydrogen-bond acceptors (Lipinski definition) is 6. The van der Waals surface area contributed by atoms with Gasteiger partial charge in [-0.25, -0.2) is 9.97 Å². The van der Waals surface area contributed by atoms with Crippen molar-refractivity contribution in [2.24, 2.45) is 0 Å². The van der Waals surface area contributed by atoms with Crippen LogP contribution in [0.1, 0.15) is 30.3 Å². The molecule has 6 nitrogen and oxygen atoms in total. The highest BCUT2D eigenvalue weighted by atomic mass is 32.1. The van der Waals surface area contributed by atoms with Gasteiger partial charge < -0.3 is 9.88 Å². The molecule has 1 fully saturated rings. The first-order chi connectivity index (χ1) is 10.6. The van der Waals surface area contributed by atoms with Crippen molar-refractivity contribution in [2.75, 3.05) is 31.1 Å². The zero-order chi connectivity index (χ0) is 15.5. The van der Waals surface area contributed by atoms with E-state index in [0.717, 1.165) is 44.4 Å². The number of H-pyrrole nitrogens is 1. The van der Waals surface area contributed by atoms with Crippen molar-refractivity contribution in [3.05, 3.63) is 38.7 Å². The maximum absolute atomic E-state index is 11.6. The van der Waals surface area contributed by atoms with Gasteiger partial charge in [0.1, 0.15) is 0 Å². The Morgan fingerprint density at radius 3 is 2.55 bits per heavy atom. The number of nitrogens with one attached hydrogen (secondary N) is 1. The second-order valence-corrected chi connectivity index (χ2v) is 6.89. The third-order valence-electron chi connectivity index (χ3n) is 3.90. The van der Waals surface area contributed by atoms with E-state index in [1.807, 2.05) is 6.07 Å². The first-order valence-corrected chi connectivity index (χ1v) is 8.41. The van der Waals surface area contributed by atoms with Gasteiger partial charge in [0.05, 0.1) is 0 Å². The highest BCUT2D eigenvalue weighted by Crippen LogP contribution is 2.21. The Hall–Kier alpha value is -1.73. The Morgan fingerprint density at radius 2 is 1.91 bits per heavy atom. The molecule has 1 aliphatic rings. The molecule has 0 amide bonds. The average Bonchev–Trinajstić information content (AvgIpc) is 2.90. The molecule has 0 spiro atoms. The fourth-order valence-electron chi connectivity index (χ4n) is 2.72. The minimum Gasteiger partial charge on any atom is -0.338 e. The largest absolute Gasteiger partial charge is 0.338 e. The van der Waals surface area contributed by atoms with E-state index in [1.54, 1.807) is 12.4 Å². The smallest absolute Gasteiger partial charge is 0.304 e. The summed E-state index contributed by atoms with van der Waals surface area (Å²) in [7, 11) is 0. The van der Waals surface area contributed by atoms with Gasteiger partial charge in [-0.1, -0.05) is 25.2 Å². The number of piperazine rings is 1. The molecule has 22 heavy (non-hydrogen) atoms. The molecule has 0 aliphatic carbocycles. The van der Waals surface area contributed by atoms with Crippen molar-refractivity contribution in [1.29, 1.82) is 0 Å².